The molecule has 0 amide bonds. The Hall–Kier alpha value is -0.940. The molecule has 0 aliphatic carbocycles. The van der Waals surface area contributed by atoms with E-state index in [1.807, 2.05) is 20.2 Å². The summed E-state index contributed by atoms with van der Waals surface area (Å²) in [7, 11) is 1.86. The molecule has 14 heavy (non-hydrogen) atoms. The summed E-state index contributed by atoms with van der Waals surface area (Å²) < 4.78 is 1.70. The van der Waals surface area contributed by atoms with Gasteiger partial charge in [0.25, 0.3) is 0 Å². The number of aliphatic hydroxyl groups is 1. The van der Waals surface area contributed by atoms with Crippen LogP contribution < -0.4 is 0 Å². The molecule has 1 saturated heterocycles. The van der Waals surface area contributed by atoms with Crippen LogP contribution in [0.1, 0.15) is 19.0 Å². The molecule has 1 aromatic heterocycles. The van der Waals surface area contributed by atoms with Crippen LogP contribution in [0.25, 0.3) is 0 Å². The van der Waals surface area contributed by atoms with E-state index in [0.29, 0.717) is 0 Å². The van der Waals surface area contributed by atoms with Gasteiger partial charge in [0.1, 0.15) is 0 Å². The van der Waals surface area contributed by atoms with Gasteiger partial charge in [-0.2, -0.15) is 0 Å². The number of aromatic nitrogens is 3. The Labute approximate surface area is 83.3 Å². The van der Waals surface area contributed by atoms with Crippen molar-refractivity contribution in [2.24, 2.45) is 7.05 Å². The Morgan fingerprint density at radius 2 is 2.29 bits per heavy atom. The summed E-state index contributed by atoms with van der Waals surface area (Å²) in [5.41, 5.74) is 0.507. The molecule has 0 radical (unpaired) electrons. The highest BCUT2D eigenvalue weighted by molar-refractivity contribution is 4.99. The van der Waals surface area contributed by atoms with E-state index in [-0.39, 0.29) is 0 Å². The highest BCUT2D eigenvalue weighted by Crippen LogP contribution is 2.24. The molecular weight excluding hydrogens is 180 g/mol. The van der Waals surface area contributed by atoms with Gasteiger partial charge >= 0.3 is 0 Å². The molecule has 5 heteroatoms. The lowest BCUT2D eigenvalue weighted by atomic mass is 9.91. The Morgan fingerprint density at radius 1 is 1.57 bits per heavy atom. The number of hydrogen-bond acceptors (Lipinski definition) is 4. The molecule has 0 aromatic carbocycles. The van der Waals surface area contributed by atoms with Crippen LogP contribution in [-0.4, -0.2) is 43.7 Å². The second-order valence-corrected chi connectivity index (χ2v) is 4.11. The average Bonchev–Trinajstić information content (AvgIpc) is 2.48. The largest absolute Gasteiger partial charge is 0.387 e. The van der Waals surface area contributed by atoms with E-state index < -0.39 is 5.60 Å². The molecule has 1 aromatic rings. The minimum atomic E-state index is -0.456. The molecule has 1 fully saturated rings. The van der Waals surface area contributed by atoms with Crippen molar-refractivity contribution in [2.75, 3.05) is 13.1 Å². The van der Waals surface area contributed by atoms with Gasteiger partial charge in [-0.25, -0.2) is 0 Å². The van der Waals surface area contributed by atoms with Crippen LogP contribution in [0.3, 0.4) is 0 Å². The van der Waals surface area contributed by atoms with Crippen molar-refractivity contribution >= 4 is 0 Å². The third kappa shape index (κ3) is 1.78. The van der Waals surface area contributed by atoms with Crippen LogP contribution in [0.2, 0.25) is 0 Å². The Morgan fingerprint density at radius 3 is 2.79 bits per heavy atom. The van der Waals surface area contributed by atoms with E-state index in [2.05, 4.69) is 15.2 Å². The molecule has 2 rings (SSSR count). The quantitative estimate of drug-likeness (QED) is 0.725. The molecule has 1 N–H and O–H groups in total. The van der Waals surface area contributed by atoms with E-state index in [0.717, 1.165) is 31.7 Å². The zero-order chi connectivity index (χ0) is 10.2. The fraction of sp³-hybridized carbons (Fsp3) is 0.778. The van der Waals surface area contributed by atoms with Crippen molar-refractivity contribution in [3.8, 4) is 0 Å². The van der Waals surface area contributed by atoms with Crippen LogP contribution in [-0.2, 0) is 13.6 Å². The molecule has 0 bridgehead atoms. The summed E-state index contributed by atoms with van der Waals surface area (Å²) in [5, 5.41) is 17.7. The average molecular weight is 196 g/mol. The minimum Gasteiger partial charge on any atom is -0.387 e. The summed E-state index contributed by atoms with van der Waals surface area (Å²) >= 11 is 0. The first kappa shape index (κ1) is 9.61. The van der Waals surface area contributed by atoms with Gasteiger partial charge in [0, 0.05) is 32.9 Å². The van der Waals surface area contributed by atoms with Crippen molar-refractivity contribution < 1.29 is 5.11 Å². The topological polar surface area (TPSA) is 54.2 Å². The standard InChI is InChI=1S/C9H16N4O/c1-3-9(14)6-13(7-9)5-8-4-12(2)11-10-8/h4,14H,3,5-7H2,1-2H3. The maximum absolute atomic E-state index is 9.79. The molecule has 0 spiro atoms. The van der Waals surface area contributed by atoms with E-state index in [1.165, 1.54) is 0 Å². The predicted octanol–water partition coefficient (Wildman–Crippen LogP) is -0.228. The summed E-state index contributed by atoms with van der Waals surface area (Å²) in [6, 6.07) is 0. The van der Waals surface area contributed by atoms with Crippen molar-refractivity contribution in [2.45, 2.75) is 25.5 Å². The third-order valence-electron chi connectivity index (χ3n) is 2.73. The normalized spacial score (nSPS) is 20.8. The van der Waals surface area contributed by atoms with Crippen molar-refractivity contribution in [1.29, 1.82) is 0 Å². The highest BCUT2D eigenvalue weighted by Gasteiger charge is 2.39. The summed E-state index contributed by atoms with van der Waals surface area (Å²) in [4.78, 5) is 2.17. The van der Waals surface area contributed by atoms with Gasteiger partial charge in [0.15, 0.2) is 0 Å². The fourth-order valence-corrected chi connectivity index (χ4v) is 1.82. The number of hydrogen-bond donors (Lipinski definition) is 1. The molecule has 5 nitrogen and oxygen atoms in total. The molecule has 1 aliphatic heterocycles. The monoisotopic (exact) mass is 196 g/mol. The predicted molar refractivity (Wildman–Crippen MR) is 51.5 cm³/mol. The lowest BCUT2D eigenvalue weighted by molar-refractivity contribution is -0.103. The van der Waals surface area contributed by atoms with Gasteiger partial charge in [-0.15, -0.1) is 5.10 Å². The molecule has 2 heterocycles. The fourth-order valence-electron chi connectivity index (χ4n) is 1.82. The van der Waals surface area contributed by atoms with Gasteiger partial charge in [-0.1, -0.05) is 12.1 Å². The van der Waals surface area contributed by atoms with Gasteiger partial charge in [0.2, 0.25) is 0 Å². The van der Waals surface area contributed by atoms with Crippen LogP contribution >= 0.6 is 0 Å². The Balaban J connectivity index is 1.85. The van der Waals surface area contributed by atoms with E-state index in [9.17, 15) is 5.11 Å². The van der Waals surface area contributed by atoms with Crippen LogP contribution in [0.15, 0.2) is 6.20 Å². The molecule has 0 saturated carbocycles. The van der Waals surface area contributed by atoms with Crippen molar-refractivity contribution in [3.05, 3.63) is 11.9 Å². The van der Waals surface area contributed by atoms with Crippen LogP contribution in [0.5, 0.6) is 0 Å². The lowest BCUT2D eigenvalue weighted by Gasteiger charge is -2.45. The Bertz CT molecular complexity index is 316. The zero-order valence-corrected chi connectivity index (χ0v) is 8.64. The van der Waals surface area contributed by atoms with E-state index >= 15 is 0 Å². The van der Waals surface area contributed by atoms with Crippen LogP contribution in [0, 0.1) is 0 Å². The second-order valence-electron chi connectivity index (χ2n) is 4.11. The zero-order valence-electron chi connectivity index (χ0n) is 8.64. The first-order valence-electron chi connectivity index (χ1n) is 4.91. The number of rotatable bonds is 3. The third-order valence-corrected chi connectivity index (χ3v) is 2.73. The smallest absolute Gasteiger partial charge is 0.0967 e. The number of nitrogens with zero attached hydrogens (tertiary/aromatic N) is 4. The van der Waals surface area contributed by atoms with E-state index in [1.54, 1.807) is 4.68 Å². The molecule has 0 unspecified atom stereocenters. The number of β-amino-alcohol motifs (C(OH)–C–C–N with tert-alkyl or cyclic N) is 1. The van der Waals surface area contributed by atoms with Crippen molar-refractivity contribution in [1.82, 2.24) is 19.9 Å². The lowest BCUT2D eigenvalue weighted by Crippen LogP contribution is -2.60. The minimum absolute atomic E-state index is 0.456. The molecule has 0 atom stereocenters. The van der Waals surface area contributed by atoms with Crippen LogP contribution in [0.4, 0.5) is 0 Å². The highest BCUT2D eigenvalue weighted by atomic mass is 16.3. The van der Waals surface area contributed by atoms with Gasteiger partial charge in [-0.3, -0.25) is 9.58 Å². The first-order valence-corrected chi connectivity index (χ1v) is 4.91. The summed E-state index contributed by atoms with van der Waals surface area (Å²) in [5.74, 6) is 0. The second kappa shape index (κ2) is 3.33. The molecular formula is C9H16N4O. The first-order chi connectivity index (χ1) is 6.61. The maximum atomic E-state index is 9.79. The number of aryl methyl sites for hydroxylation is 1. The van der Waals surface area contributed by atoms with Gasteiger partial charge < -0.3 is 5.11 Å². The summed E-state index contributed by atoms with van der Waals surface area (Å²) in [6.45, 7) is 4.30. The molecule has 1 aliphatic rings. The van der Waals surface area contributed by atoms with E-state index in [4.69, 9.17) is 0 Å². The van der Waals surface area contributed by atoms with Crippen molar-refractivity contribution in [3.63, 3.8) is 0 Å². The maximum Gasteiger partial charge on any atom is 0.0967 e. The van der Waals surface area contributed by atoms with Gasteiger partial charge in [-0.05, 0) is 6.42 Å². The Kier molecular flexibility index (Phi) is 2.28. The summed E-state index contributed by atoms with van der Waals surface area (Å²) in [6.07, 6.45) is 2.73. The SMILES string of the molecule is CCC1(O)CN(Cc2cn(C)nn2)C1. The van der Waals surface area contributed by atoms with Gasteiger partial charge in [0.05, 0.1) is 11.3 Å². The molecule has 78 valence electrons. The number of likely N-dealkylation sites (tertiary alicyclic amines) is 1.